The fourth-order valence-corrected chi connectivity index (χ4v) is 8.42. The van der Waals surface area contributed by atoms with Gasteiger partial charge in [-0.3, -0.25) is 19.8 Å². The highest BCUT2D eigenvalue weighted by molar-refractivity contribution is 6.01. The Kier molecular flexibility index (Phi) is 9.44. The lowest BCUT2D eigenvalue weighted by Crippen LogP contribution is -2.69. The van der Waals surface area contributed by atoms with Crippen molar-refractivity contribution in [2.24, 2.45) is 33.7 Å². The van der Waals surface area contributed by atoms with Crippen LogP contribution in [0.5, 0.6) is 0 Å². The van der Waals surface area contributed by atoms with Gasteiger partial charge < -0.3 is 20.1 Å². The third-order valence-electron chi connectivity index (χ3n) is 10.6. The van der Waals surface area contributed by atoms with E-state index in [4.69, 9.17) is 4.74 Å². The Morgan fingerprint density at radius 1 is 1.16 bits per heavy atom. The first-order valence-electron chi connectivity index (χ1n) is 15.3. The molecule has 12 nitrogen and oxygen atoms in total. The zero-order chi connectivity index (χ0) is 32.7. The van der Waals surface area contributed by atoms with Crippen LogP contribution in [0.3, 0.4) is 0 Å². The number of ketones is 1. The van der Waals surface area contributed by atoms with Crippen LogP contribution < -0.4 is 16.3 Å². The van der Waals surface area contributed by atoms with E-state index in [0.717, 1.165) is 0 Å². The number of allylic oxidation sites excluding steroid dienone is 4. The highest BCUT2D eigenvalue weighted by atomic mass is 19.1. The van der Waals surface area contributed by atoms with E-state index in [1.165, 1.54) is 12.2 Å². The van der Waals surface area contributed by atoms with Crippen molar-refractivity contribution >= 4 is 29.4 Å². The molecule has 6 N–H and O–H groups in total. The molecule has 0 aliphatic heterocycles. The van der Waals surface area contributed by atoms with Crippen LogP contribution in [0.2, 0.25) is 0 Å². The summed E-state index contributed by atoms with van der Waals surface area (Å²) in [5.74, 6) is -2.78. The van der Waals surface area contributed by atoms with E-state index in [-0.39, 0.29) is 49.2 Å². The van der Waals surface area contributed by atoms with Crippen molar-refractivity contribution in [2.75, 3.05) is 6.61 Å². The number of hydrazine groups is 1. The summed E-state index contributed by atoms with van der Waals surface area (Å²) in [5.41, 5.74) is 1.16. The van der Waals surface area contributed by atoms with Crippen molar-refractivity contribution in [1.29, 1.82) is 0 Å². The first-order chi connectivity index (χ1) is 20.5. The van der Waals surface area contributed by atoms with Gasteiger partial charge >= 0.3 is 6.09 Å². The maximum Gasteiger partial charge on any atom is 0.426 e. The Morgan fingerprint density at radius 3 is 2.50 bits per heavy atom. The smallest absolute Gasteiger partial charge is 0.426 e. The minimum Gasteiger partial charge on any atom is -0.446 e. The molecular formula is C31H45FN4O8. The lowest BCUT2D eigenvalue weighted by Gasteiger charge is -2.62. The summed E-state index contributed by atoms with van der Waals surface area (Å²) in [4.78, 5) is 48.0. The average molecular weight is 621 g/mol. The van der Waals surface area contributed by atoms with Gasteiger partial charge in [0, 0.05) is 29.6 Å². The molecule has 3 saturated carbocycles. The lowest BCUT2D eigenvalue weighted by molar-refractivity contribution is -0.209. The van der Waals surface area contributed by atoms with E-state index in [9.17, 15) is 34.5 Å². The summed E-state index contributed by atoms with van der Waals surface area (Å²) < 4.78 is 22.2. The summed E-state index contributed by atoms with van der Waals surface area (Å²) in [6.07, 6.45) is 2.89. The molecule has 0 heterocycles. The molecule has 0 aromatic carbocycles. The van der Waals surface area contributed by atoms with Crippen molar-refractivity contribution in [3.8, 4) is 0 Å². The van der Waals surface area contributed by atoms with Crippen LogP contribution in [0.4, 0.5) is 9.18 Å². The predicted octanol–water partition coefficient (Wildman–Crippen LogP) is 2.13. The third-order valence-corrected chi connectivity index (χ3v) is 10.6. The zero-order valence-electron chi connectivity index (χ0n) is 26.0. The van der Waals surface area contributed by atoms with E-state index in [1.807, 2.05) is 0 Å². The van der Waals surface area contributed by atoms with Gasteiger partial charge in [0.05, 0.1) is 24.5 Å². The minimum atomic E-state index is -2.06. The highest BCUT2D eigenvalue weighted by Gasteiger charge is 2.75. The summed E-state index contributed by atoms with van der Waals surface area (Å²) in [7, 11) is 0. The number of hydrogen-bond acceptors (Lipinski definition) is 9. The Balaban J connectivity index is 1.45. The Hall–Kier alpha value is -3.16. The number of nitrogens with one attached hydrogen (secondary N) is 3. The minimum absolute atomic E-state index is 0.0733. The second-order valence-electron chi connectivity index (χ2n) is 13.4. The molecule has 244 valence electrons. The Labute approximate surface area is 256 Å². The molecule has 0 saturated heterocycles. The van der Waals surface area contributed by atoms with E-state index in [1.54, 1.807) is 40.7 Å². The van der Waals surface area contributed by atoms with Crippen LogP contribution in [0.25, 0.3) is 0 Å². The predicted molar refractivity (Wildman–Crippen MR) is 157 cm³/mol. The van der Waals surface area contributed by atoms with Gasteiger partial charge in [-0.1, -0.05) is 25.5 Å². The zero-order valence-corrected chi connectivity index (χ0v) is 26.0. The van der Waals surface area contributed by atoms with Crippen LogP contribution >= 0.6 is 0 Å². The number of amides is 3. The number of hydrazone groups is 1. The maximum atomic E-state index is 17.4. The molecule has 3 amide bonds. The van der Waals surface area contributed by atoms with Crippen molar-refractivity contribution in [3.63, 3.8) is 0 Å². The van der Waals surface area contributed by atoms with Gasteiger partial charge in [0.2, 0.25) is 11.8 Å². The molecule has 13 heteroatoms. The molecule has 4 aliphatic rings. The molecule has 0 spiro atoms. The van der Waals surface area contributed by atoms with E-state index >= 15 is 4.39 Å². The molecule has 8 atom stereocenters. The number of alkyl halides is 1. The molecule has 3 fully saturated rings. The van der Waals surface area contributed by atoms with Gasteiger partial charge in [-0.2, -0.15) is 5.10 Å². The van der Waals surface area contributed by atoms with Crippen molar-refractivity contribution in [3.05, 3.63) is 23.8 Å². The lowest BCUT2D eigenvalue weighted by atomic mass is 9.44. The normalized spacial score (nSPS) is 37.8. The van der Waals surface area contributed by atoms with Gasteiger partial charge in [0.25, 0.3) is 0 Å². The Morgan fingerprint density at radius 2 is 1.84 bits per heavy atom. The topological polar surface area (TPSA) is 187 Å². The summed E-state index contributed by atoms with van der Waals surface area (Å²) >= 11 is 0. The molecule has 44 heavy (non-hydrogen) atoms. The number of hydrogen-bond donors (Lipinski definition) is 6. The molecule has 0 bridgehead atoms. The molecule has 0 aromatic rings. The van der Waals surface area contributed by atoms with Crippen molar-refractivity contribution < 1.29 is 43.6 Å². The number of ether oxygens (including phenoxy) is 1. The molecular weight excluding hydrogens is 575 g/mol. The average Bonchev–Trinajstić information content (AvgIpc) is 3.14. The van der Waals surface area contributed by atoms with Gasteiger partial charge in [-0.25, -0.2) is 20.0 Å². The number of aliphatic hydroxyl groups is 3. The number of nitrogens with zero attached hydrogens (tertiary/aromatic N) is 1. The van der Waals surface area contributed by atoms with Crippen molar-refractivity contribution in [2.45, 2.75) is 103 Å². The summed E-state index contributed by atoms with van der Waals surface area (Å²) in [6.45, 7) is 7.94. The van der Waals surface area contributed by atoms with Crippen molar-refractivity contribution in [1.82, 2.24) is 16.3 Å². The highest BCUT2D eigenvalue weighted by Crippen LogP contribution is 2.70. The van der Waals surface area contributed by atoms with Crippen LogP contribution in [-0.2, 0) is 19.1 Å². The SMILES string of the molecule is CC(C)OC(=O)NNC(=O)CCCC(=O)N/N=C(/CO)[C@@]1(O)[C@H](C)C[C@H]2[C@@H]3CCC4=CC(=O)C=C[C@]4(C)[C@@]3(F)[C@@H](O)C[C@@]21C. The van der Waals surface area contributed by atoms with Gasteiger partial charge in [0.1, 0.15) is 5.60 Å². The van der Waals surface area contributed by atoms with Gasteiger partial charge in [0.15, 0.2) is 11.5 Å². The first-order valence-corrected chi connectivity index (χ1v) is 15.3. The van der Waals surface area contributed by atoms with Crippen LogP contribution in [-0.4, -0.2) is 74.8 Å². The second-order valence-corrected chi connectivity index (χ2v) is 13.4. The summed E-state index contributed by atoms with van der Waals surface area (Å²) in [5, 5.41) is 38.2. The molecule has 4 aliphatic carbocycles. The molecule has 4 rings (SSSR count). The first kappa shape index (κ1) is 33.7. The monoisotopic (exact) mass is 620 g/mol. The number of carbonyl (C=O) groups is 4. The summed E-state index contributed by atoms with van der Waals surface area (Å²) in [6, 6.07) is 0. The standard InChI is InChI=1S/C31H45FN4O8/c1-17(2)44-27(42)36-35-26(41)8-6-7-25(40)34-33-23(16-37)31(43)18(3)13-22-21-10-9-19-14-20(38)11-12-28(19,4)30(21,32)24(39)15-29(22,31)5/h11-12,14,17-18,21-22,24,37,39,43H,6-10,13,15-16H2,1-5H3,(H,34,40)(H,35,41)(H,36,42)/b33-23-/t18-,21+,22+,24+,28+,29+,30+,31+/m1/s1. The maximum absolute atomic E-state index is 17.4. The number of rotatable bonds is 8. The fraction of sp³-hybridized carbons (Fsp3) is 0.710. The number of fused-ring (bicyclic) bond motifs is 5. The molecule has 0 radical (unpaired) electrons. The van der Waals surface area contributed by atoms with Crippen LogP contribution in [0.1, 0.15) is 79.6 Å². The third kappa shape index (κ3) is 5.47. The van der Waals surface area contributed by atoms with E-state index < -0.39 is 64.6 Å². The second kappa shape index (κ2) is 12.3. The van der Waals surface area contributed by atoms with Crippen LogP contribution in [0.15, 0.2) is 28.9 Å². The van der Waals surface area contributed by atoms with E-state index in [0.29, 0.717) is 24.8 Å². The fourth-order valence-electron chi connectivity index (χ4n) is 8.42. The number of carbonyl (C=O) groups excluding carboxylic acids is 4. The molecule has 0 aromatic heterocycles. The largest absolute Gasteiger partial charge is 0.446 e. The van der Waals surface area contributed by atoms with Gasteiger partial charge in [-0.05, 0) is 76.9 Å². The van der Waals surface area contributed by atoms with Crippen LogP contribution in [0, 0.1) is 28.6 Å². The Bertz CT molecular complexity index is 1280. The van der Waals surface area contributed by atoms with E-state index in [2.05, 4.69) is 21.4 Å². The molecule has 0 unspecified atom stereocenters. The van der Waals surface area contributed by atoms with Gasteiger partial charge in [-0.15, -0.1) is 0 Å². The quantitative estimate of drug-likeness (QED) is 0.176. The number of halogens is 1. The number of aliphatic hydroxyl groups excluding tert-OH is 2.